The smallest absolute Gasteiger partial charge is 0.240 e. The van der Waals surface area contributed by atoms with Crippen LogP contribution in [-0.4, -0.2) is 23.7 Å². The Morgan fingerprint density at radius 1 is 1.37 bits per heavy atom. The number of aliphatic hydroxyl groups excluding tert-OH is 1. The van der Waals surface area contributed by atoms with Crippen LogP contribution in [0.4, 0.5) is 0 Å². The van der Waals surface area contributed by atoms with Crippen LogP contribution in [0.2, 0.25) is 0 Å². The minimum Gasteiger partial charge on any atom is -0.393 e. The summed E-state index contributed by atoms with van der Waals surface area (Å²) in [6, 6.07) is 2.23. The lowest BCUT2D eigenvalue weighted by molar-refractivity contribution is -0.129. The zero-order valence-corrected chi connectivity index (χ0v) is 12.1. The van der Waals surface area contributed by atoms with Crippen molar-refractivity contribution in [1.29, 1.82) is 5.26 Å². The summed E-state index contributed by atoms with van der Waals surface area (Å²) in [7, 11) is 0. The SMILES string of the molecule is CCCC(C#N)(CCC)C(=O)NCC1CCCC1O. The fourth-order valence-electron chi connectivity index (χ4n) is 3.02. The van der Waals surface area contributed by atoms with Crippen molar-refractivity contribution in [2.24, 2.45) is 11.3 Å². The largest absolute Gasteiger partial charge is 0.393 e. The first kappa shape index (κ1) is 16.0. The fourth-order valence-corrected chi connectivity index (χ4v) is 3.02. The zero-order chi connectivity index (χ0) is 14.3. The molecule has 4 heteroatoms. The second-order valence-electron chi connectivity index (χ2n) is 5.66. The van der Waals surface area contributed by atoms with E-state index in [1.165, 1.54) is 0 Å². The first-order valence-corrected chi connectivity index (χ1v) is 7.47. The molecule has 2 atom stereocenters. The molecule has 4 nitrogen and oxygen atoms in total. The van der Waals surface area contributed by atoms with Gasteiger partial charge in [-0.1, -0.05) is 33.1 Å². The van der Waals surface area contributed by atoms with Gasteiger partial charge in [0.05, 0.1) is 12.2 Å². The Kier molecular flexibility index (Phi) is 6.30. The Bertz CT molecular complexity index is 330. The number of carbonyl (C=O) groups is 1. The molecule has 2 unspecified atom stereocenters. The molecule has 1 fully saturated rings. The molecule has 0 spiro atoms. The fraction of sp³-hybridized carbons (Fsp3) is 0.867. The Morgan fingerprint density at radius 3 is 2.42 bits per heavy atom. The van der Waals surface area contributed by atoms with Gasteiger partial charge in [-0.2, -0.15) is 5.26 Å². The van der Waals surface area contributed by atoms with Crippen LogP contribution in [0.1, 0.15) is 58.8 Å². The van der Waals surface area contributed by atoms with Gasteiger partial charge in [-0.3, -0.25) is 4.79 Å². The van der Waals surface area contributed by atoms with Gasteiger partial charge in [0.15, 0.2) is 0 Å². The summed E-state index contributed by atoms with van der Waals surface area (Å²) >= 11 is 0. The second kappa shape index (κ2) is 7.49. The maximum absolute atomic E-state index is 12.3. The molecule has 19 heavy (non-hydrogen) atoms. The van der Waals surface area contributed by atoms with Crippen molar-refractivity contribution < 1.29 is 9.90 Å². The zero-order valence-electron chi connectivity index (χ0n) is 12.1. The molecule has 0 saturated heterocycles. The topological polar surface area (TPSA) is 73.1 Å². The van der Waals surface area contributed by atoms with E-state index in [1.54, 1.807) is 0 Å². The van der Waals surface area contributed by atoms with E-state index in [1.807, 2.05) is 13.8 Å². The van der Waals surface area contributed by atoms with Crippen LogP contribution in [0.5, 0.6) is 0 Å². The minimum atomic E-state index is -0.882. The molecule has 0 aromatic carbocycles. The maximum Gasteiger partial charge on any atom is 0.240 e. The Morgan fingerprint density at radius 2 is 2.00 bits per heavy atom. The summed E-state index contributed by atoms with van der Waals surface area (Å²) in [6.07, 6.45) is 5.38. The molecule has 0 aromatic rings. The van der Waals surface area contributed by atoms with Gasteiger partial charge in [0.1, 0.15) is 5.41 Å². The molecule has 0 aromatic heterocycles. The molecule has 1 aliphatic rings. The predicted octanol–water partition coefficient (Wildman–Crippen LogP) is 2.37. The first-order valence-electron chi connectivity index (χ1n) is 7.47. The van der Waals surface area contributed by atoms with Crippen molar-refractivity contribution in [1.82, 2.24) is 5.32 Å². The van der Waals surface area contributed by atoms with Gasteiger partial charge in [0.25, 0.3) is 0 Å². The van der Waals surface area contributed by atoms with Crippen LogP contribution in [0, 0.1) is 22.7 Å². The summed E-state index contributed by atoms with van der Waals surface area (Å²) < 4.78 is 0. The third-order valence-corrected chi connectivity index (χ3v) is 4.15. The normalized spacial score (nSPS) is 23.1. The lowest BCUT2D eigenvalue weighted by Crippen LogP contribution is -2.43. The Balaban J connectivity index is 2.59. The quantitative estimate of drug-likeness (QED) is 0.743. The molecule has 0 radical (unpaired) electrons. The van der Waals surface area contributed by atoms with E-state index in [9.17, 15) is 15.2 Å². The lowest BCUT2D eigenvalue weighted by Gasteiger charge is -2.26. The molecular formula is C15H26N2O2. The highest BCUT2D eigenvalue weighted by Crippen LogP contribution is 2.30. The number of rotatable bonds is 7. The van der Waals surface area contributed by atoms with E-state index >= 15 is 0 Å². The average molecular weight is 266 g/mol. The summed E-state index contributed by atoms with van der Waals surface area (Å²) in [5.41, 5.74) is -0.882. The summed E-state index contributed by atoms with van der Waals surface area (Å²) in [6.45, 7) is 4.49. The molecule has 1 saturated carbocycles. The number of carbonyl (C=O) groups excluding carboxylic acids is 1. The van der Waals surface area contributed by atoms with Crippen LogP contribution in [0.3, 0.4) is 0 Å². The van der Waals surface area contributed by atoms with Crippen molar-refractivity contribution >= 4 is 5.91 Å². The van der Waals surface area contributed by atoms with Gasteiger partial charge in [0, 0.05) is 12.5 Å². The number of nitrogens with zero attached hydrogens (tertiary/aromatic N) is 1. The van der Waals surface area contributed by atoms with Crippen molar-refractivity contribution in [3.63, 3.8) is 0 Å². The van der Waals surface area contributed by atoms with Crippen molar-refractivity contribution in [3.8, 4) is 6.07 Å². The number of nitrogens with one attached hydrogen (secondary N) is 1. The van der Waals surface area contributed by atoms with Gasteiger partial charge >= 0.3 is 0 Å². The summed E-state index contributed by atoms with van der Waals surface area (Å²) in [5.74, 6) is 0.00129. The van der Waals surface area contributed by atoms with Gasteiger partial charge < -0.3 is 10.4 Å². The molecule has 0 heterocycles. The van der Waals surface area contributed by atoms with E-state index in [2.05, 4.69) is 11.4 Å². The van der Waals surface area contributed by atoms with Gasteiger partial charge in [-0.05, 0) is 25.7 Å². The van der Waals surface area contributed by atoms with Crippen molar-refractivity contribution in [2.45, 2.75) is 64.9 Å². The standard InChI is InChI=1S/C15H26N2O2/c1-3-8-15(11-16,9-4-2)14(19)17-10-12-6-5-7-13(12)18/h12-13,18H,3-10H2,1-2H3,(H,17,19). The van der Waals surface area contributed by atoms with Crippen LogP contribution in [0.25, 0.3) is 0 Å². The van der Waals surface area contributed by atoms with E-state index in [-0.39, 0.29) is 17.9 Å². The van der Waals surface area contributed by atoms with Crippen LogP contribution < -0.4 is 5.32 Å². The number of hydrogen-bond donors (Lipinski definition) is 2. The highest BCUT2D eigenvalue weighted by Gasteiger charge is 2.37. The van der Waals surface area contributed by atoms with E-state index in [0.717, 1.165) is 32.1 Å². The third-order valence-electron chi connectivity index (χ3n) is 4.15. The van der Waals surface area contributed by atoms with Crippen LogP contribution in [0.15, 0.2) is 0 Å². The molecule has 2 N–H and O–H groups in total. The highest BCUT2D eigenvalue weighted by atomic mass is 16.3. The van der Waals surface area contributed by atoms with Gasteiger partial charge in [-0.25, -0.2) is 0 Å². The monoisotopic (exact) mass is 266 g/mol. The molecule has 108 valence electrons. The number of amides is 1. The van der Waals surface area contributed by atoms with E-state index in [4.69, 9.17) is 0 Å². The van der Waals surface area contributed by atoms with Gasteiger partial charge in [-0.15, -0.1) is 0 Å². The third kappa shape index (κ3) is 3.94. The summed E-state index contributed by atoms with van der Waals surface area (Å²) in [5, 5.41) is 22.0. The average Bonchev–Trinajstić information content (AvgIpc) is 2.81. The molecular weight excluding hydrogens is 240 g/mol. The molecule has 1 rings (SSSR count). The Hall–Kier alpha value is -1.08. The molecule has 0 aliphatic heterocycles. The van der Waals surface area contributed by atoms with Crippen molar-refractivity contribution in [2.75, 3.05) is 6.54 Å². The predicted molar refractivity (Wildman–Crippen MR) is 74.2 cm³/mol. The summed E-state index contributed by atoms with van der Waals surface area (Å²) in [4.78, 5) is 12.3. The molecule has 0 bridgehead atoms. The van der Waals surface area contributed by atoms with Crippen molar-refractivity contribution in [3.05, 3.63) is 0 Å². The number of hydrogen-bond acceptors (Lipinski definition) is 3. The van der Waals surface area contributed by atoms with Gasteiger partial charge in [0.2, 0.25) is 5.91 Å². The second-order valence-corrected chi connectivity index (χ2v) is 5.66. The number of nitriles is 1. The Labute approximate surface area is 116 Å². The van der Waals surface area contributed by atoms with E-state index in [0.29, 0.717) is 19.4 Å². The first-order chi connectivity index (χ1) is 9.09. The van der Waals surface area contributed by atoms with E-state index < -0.39 is 5.41 Å². The molecule has 1 aliphatic carbocycles. The van der Waals surface area contributed by atoms with Crippen LogP contribution in [-0.2, 0) is 4.79 Å². The maximum atomic E-state index is 12.3. The minimum absolute atomic E-state index is 0.155. The highest BCUT2D eigenvalue weighted by molar-refractivity contribution is 5.85. The lowest BCUT2D eigenvalue weighted by atomic mass is 9.79. The number of aliphatic hydroxyl groups is 1. The molecule has 1 amide bonds. The van der Waals surface area contributed by atoms with Crippen LogP contribution >= 0.6 is 0 Å².